The van der Waals surface area contributed by atoms with Crippen LogP contribution in [0.1, 0.15) is 70.8 Å². The van der Waals surface area contributed by atoms with Gasteiger partial charge in [-0.05, 0) is 178 Å². The molecule has 1 atom stereocenters. The zero-order valence-corrected chi connectivity index (χ0v) is 36.0. The number of rotatable bonds is 19. The van der Waals surface area contributed by atoms with E-state index >= 15 is 0 Å². The summed E-state index contributed by atoms with van der Waals surface area (Å²) >= 11 is 8.42. The highest BCUT2D eigenvalue weighted by Crippen LogP contribution is 2.37. The smallest absolute Gasteiger partial charge is 0.320 e. The number of carbonyl (C=O) groups excluding carboxylic acids is 1. The maximum atomic E-state index is 11.1. The molecule has 0 aliphatic heterocycles. The molecule has 2 rings (SSSR count). The van der Waals surface area contributed by atoms with Gasteiger partial charge in [0.05, 0.1) is 20.9 Å². The molecule has 0 aliphatic carbocycles. The molecule has 7 nitrogen and oxygen atoms in total. The normalized spacial score (nSPS) is 12.3. The summed E-state index contributed by atoms with van der Waals surface area (Å²) in [6.45, 7) is 4.46. The third kappa shape index (κ3) is 20.3. The van der Waals surface area contributed by atoms with Crippen LogP contribution in [0.15, 0.2) is 85.0 Å². The number of hydrogen-bond donors (Lipinski definition) is 3. The molecule has 0 saturated carbocycles. The number of unbranched alkanes of at least 4 members (excludes halogenated alkanes) is 1. The minimum Gasteiger partial charge on any atom is -0.506 e. The molecule has 2 aromatic carbocycles. The SMILES string of the molecule is CC/C=C\C/C=C\C/C=C\C/C=C\C/C=C\CCCC(=O)OCC.N[C@@H](Cc1cc(I)c(Oc2cc(I)c(O)c(I)c2)c(I)c1)C(=O)O. The molecule has 0 aromatic heterocycles. The van der Waals surface area contributed by atoms with Crippen molar-refractivity contribution in [2.45, 2.75) is 77.7 Å². The number of carboxylic acid groups (broad SMARTS) is 1. The van der Waals surface area contributed by atoms with Crippen LogP contribution in [0, 0.1) is 14.3 Å². The lowest BCUT2D eigenvalue weighted by atomic mass is 10.1. The van der Waals surface area contributed by atoms with Crippen LogP contribution in [0.3, 0.4) is 0 Å². The van der Waals surface area contributed by atoms with E-state index < -0.39 is 12.0 Å². The largest absolute Gasteiger partial charge is 0.506 e. The van der Waals surface area contributed by atoms with Crippen molar-refractivity contribution in [3.05, 3.63) is 105 Å². The van der Waals surface area contributed by atoms with Gasteiger partial charge >= 0.3 is 11.9 Å². The molecular weight excluding hydrogens is 1060 g/mol. The highest BCUT2D eigenvalue weighted by molar-refractivity contribution is 14.1. The molecule has 0 aliphatic rings. The van der Waals surface area contributed by atoms with Gasteiger partial charge in [-0.3, -0.25) is 9.59 Å². The Balaban J connectivity index is 0.000000480. The number of esters is 1. The Morgan fingerprint density at radius 2 is 1.25 bits per heavy atom. The summed E-state index contributed by atoms with van der Waals surface area (Å²) < 4.78 is 14.0. The van der Waals surface area contributed by atoms with E-state index in [1.807, 2.05) is 19.1 Å². The molecule has 0 heterocycles. The summed E-state index contributed by atoms with van der Waals surface area (Å²) in [7, 11) is 0. The molecule has 11 heteroatoms. The van der Waals surface area contributed by atoms with E-state index in [-0.39, 0.29) is 18.1 Å². The second-order valence-corrected chi connectivity index (χ2v) is 14.9. The van der Waals surface area contributed by atoms with Gasteiger partial charge in [0, 0.05) is 6.42 Å². The molecule has 0 fully saturated rings. The molecule has 0 bridgehead atoms. The number of aromatic hydroxyl groups is 1. The Bertz CT molecular complexity index is 1390. The number of halogens is 4. The number of ether oxygens (including phenoxy) is 2. The molecule has 0 amide bonds. The number of phenolic OH excluding ortho intramolecular Hbond substituents is 1. The van der Waals surface area contributed by atoms with Gasteiger partial charge in [0.2, 0.25) is 0 Å². The molecule has 0 unspecified atom stereocenters. The first-order valence-electron chi connectivity index (χ1n) is 15.7. The fourth-order valence-corrected chi connectivity index (χ4v) is 7.68. The summed E-state index contributed by atoms with van der Waals surface area (Å²) in [5.41, 5.74) is 6.44. The molecule has 0 saturated heterocycles. The quantitative estimate of drug-likeness (QED) is 0.0555. The van der Waals surface area contributed by atoms with Crippen molar-refractivity contribution in [3.63, 3.8) is 0 Å². The van der Waals surface area contributed by atoms with E-state index in [1.54, 1.807) is 12.1 Å². The summed E-state index contributed by atoms with van der Waals surface area (Å²) in [5, 5.41) is 18.8. The molecule has 2 aromatic rings. The number of carboxylic acids is 1. The van der Waals surface area contributed by atoms with Crippen molar-refractivity contribution >= 4 is 102 Å². The van der Waals surface area contributed by atoms with Crippen LogP contribution in [-0.2, 0) is 20.7 Å². The second-order valence-electron chi connectivity index (χ2n) is 10.3. The van der Waals surface area contributed by atoms with Gasteiger partial charge in [-0.1, -0.05) is 67.7 Å². The third-order valence-electron chi connectivity index (χ3n) is 6.26. The van der Waals surface area contributed by atoms with E-state index in [0.717, 1.165) is 57.6 Å². The average molecular weight is 1110 g/mol. The predicted molar refractivity (Wildman–Crippen MR) is 230 cm³/mol. The monoisotopic (exact) mass is 1110 g/mol. The number of nitrogens with two attached hydrogens (primary N) is 1. The third-order valence-corrected chi connectivity index (χ3v) is 9.50. The van der Waals surface area contributed by atoms with Crippen molar-refractivity contribution in [2.75, 3.05) is 6.61 Å². The van der Waals surface area contributed by atoms with Gasteiger partial charge in [0.15, 0.2) is 5.75 Å². The first kappa shape index (κ1) is 44.6. The van der Waals surface area contributed by atoms with Crippen molar-refractivity contribution in [1.29, 1.82) is 0 Å². The number of hydrogen-bond acceptors (Lipinski definition) is 6. The minimum absolute atomic E-state index is 0.0927. The predicted octanol–water partition coefficient (Wildman–Crippen LogP) is 11.0. The van der Waals surface area contributed by atoms with Gasteiger partial charge in [-0.15, -0.1) is 0 Å². The Hall–Kier alpha value is -1.44. The van der Waals surface area contributed by atoms with Gasteiger partial charge in [0.25, 0.3) is 0 Å². The lowest BCUT2D eigenvalue weighted by Crippen LogP contribution is -2.32. The zero-order valence-electron chi connectivity index (χ0n) is 27.3. The number of benzene rings is 2. The van der Waals surface area contributed by atoms with E-state index in [1.165, 1.54) is 0 Å². The minimum atomic E-state index is -1.02. The Labute approximate surface area is 340 Å². The number of allylic oxidation sites excluding steroid dienone is 10. The molecular formula is C37H45I4NO6. The standard InChI is InChI=1S/C22H34O2.C15H11I4NO4/c1-3-5-6-7-8-9-10-11-12-13-14-15-16-17-18-19-20-21-22(23)24-4-2;16-8-4-7(5-9(17)13(8)21)24-14-10(18)1-6(2-11(14)19)3-12(20)15(22)23/h5-6,8-9,11-12,14-15,17-18H,3-4,7,10,13,16,19-21H2,1-2H3;1-2,4-5,12,21H,3,20H2,(H,22,23)/b6-5-,9-8-,12-11-,15-14-,18-17-;/t;12-/m.0/s1. The summed E-state index contributed by atoms with van der Waals surface area (Å²) in [6, 6.07) is 6.34. The molecule has 0 spiro atoms. The maximum Gasteiger partial charge on any atom is 0.320 e. The van der Waals surface area contributed by atoms with Crippen molar-refractivity contribution in [2.24, 2.45) is 5.73 Å². The zero-order chi connectivity index (χ0) is 35.7. The van der Waals surface area contributed by atoms with E-state index in [4.69, 9.17) is 20.3 Å². The molecule has 4 N–H and O–H groups in total. The van der Waals surface area contributed by atoms with Gasteiger partial charge in [-0.25, -0.2) is 0 Å². The van der Waals surface area contributed by atoms with Crippen molar-refractivity contribution in [1.82, 2.24) is 0 Å². The van der Waals surface area contributed by atoms with Crippen LogP contribution in [0.2, 0.25) is 0 Å². The fourth-order valence-electron chi connectivity index (χ4n) is 3.85. The van der Waals surface area contributed by atoms with Crippen LogP contribution >= 0.6 is 90.4 Å². The van der Waals surface area contributed by atoms with Gasteiger partial charge < -0.3 is 25.4 Å². The molecule has 0 radical (unpaired) electrons. The van der Waals surface area contributed by atoms with Crippen LogP contribution in [0.4, 0.5) is 0 Å². The Morgan fingerprint density at radius 1 is 0.771 bits per heavy atom. The first-order chi connectivity index (χ1) is 23.0. The maximum absolute atomic E-state index is 11.1. The van der Waals surface area contributed by atoms with E-state index in [2.05, 4.69) is 158 Å². The fraction of sp³-hybridized carbons (Fsp3) is 0.351. The van der Waals surface area contributed by atoms with Crippen molar-refractivity contribution in [3.8, 4) is 17.2 Å². The van der Waals surface area contributed by atoms with Crippen LogP contribution in [0.5, 0.6) is 17.2 Å². The van der Waals surface area contributed by atoms with Crippen LogP contribution in [-0.4, -0.2) is 34.8 Å². The summed E-state index contributed by atoms with van der Waals surface area (Å²) in [5.74, 6) is 0.456. The first-order valence-corrected chi connectivity index (χ1v) is 20.0. The number of carbonyl (C=O) groups is 2. The second kappa shape index (κ2) is 27.3. The number of phenols is 1. The lowest BCUT2D eigenvalue weighted by molar-refractivity contribution is -0.143. The lowest BCUT2D eigenvalue weighted by Gasteiger charge is -2.14. The molecule has 262 valence electrons. The van der Waals surface area contributed by atoms with Gasteiger partial charge in [-0.2, -0.15) is 0 Å². The summed E-state index contributed by atoms with van der Waals surface area (Å²) in [6.07, 6.45) is 29.5. The van der Waals surface area contributed by atoms with Crippen LogP contribution in [0.25, 0.3) is 0 Å². The van der Waals surface area contributed by atoms with Crippen molar-refractivity contribution < 1.29 is 29.3 Å². The Kier molecular flexibility index (Phi) is 25.4. The topological polar surface area (TPSA) is 119 Å². The van der Waals surface area contributed by atoms with E-state index in [9.17, 15) is 14.7 Å². The van der Waals surface area contributed by atoms with Gasteiger partial charge in [0.1, 0.15) is 17.5 Å². The Morgan fingerprint density at radius 3 is 1.71 bits per heavy atom. The average Bonchev–Trinajstić information content (AvgIpc) is 3.03. The highest BCUT2D eigenvalue weighted by atomic mass is 127. The number of aliphatic carboxylic acids is 1. The van der Waals surface area contributed by atoms with E-state index in [0.29, 0.717) is 31.7 Å². The highest BCUT2D eigenvalue weighted by Gasteiger charge is 2.16. The van der Waals surface area contributed by atoms with Crippen LogP contribution < -0.4 is 10.5 Å². The molecule has 48 heavy (non-hydrogen) atoms. The summed E-state index contributed by atoms with van der Waals surface area (Å²) in [4.78, 5) is 22.0.